The average Bonchev–Trinajstić information content (AvgIpc) is 3.57. The molecule has 2 heterocycles. The van der Waals surface area contributed by atoms with Gasteiger partial charge in [-0.15, -0.1) is 24.0 Å². The summed E-state index contributed by atoms with van der Waals surface area (Å²) in [7, 11) is 3.61. The second-order valence-corrected chi connectivity index (χ2v) is 8.43. The van der Waals surface area contributed by atoms with Gasteiger partial charge in [-0.3, -0.25) is 9.69 Å². The van der Waals surface area contributed by atoms with Crippen LogP contribution in [0.2, 0.25) is 0 Å². The Kier molecular flexibility index (Phi) is 10.8. The highest BCUT2D eigenvalue weighted by Crippen LogP contribution is 2.29. The number of pyridine rings is 1. The minimum absolute atomic E-state index is 0. The summed E-state index contributed by atoms with van der Waals surface area (Å²) < 4.78 is 5.78. The first kappa shape index (κ1) is 25.6. The lowest BCUT2D eigenvalue weighted by Gasteiger charge is -2.33. The van der Waals surface area contributed by atoms with Crippen molar-refractivity contribution in [1.29, 1.82) is 0 Å². The molecule has 1 aromatic rings. The first-order valence-corrected chi connectivity index (χ1v) is 11.1. The third-order valence-electron chi connectivity index (χ3n) is 5.51. The Bertz CT molecular complexity index is 718. The van der Waals surface area contributed by atoms with Crippen LogP contribution < -0.4 is 15.4 Å². The third-order valence-corrected chi connectivity index (χ3v) is 5.51. The van der Waals surface area contributed by atoms with Crippen molar-refractivity contribution in [3.63, 3.8) is 0 Å². The number of aromatic nitrogens is 1. The normalized spacial score (nSPS) is 17.6. The van der Waals surface area contributed by atoms with E-state index in [1.807, 2.05) is 12.1 Å². The van der Waals surface area contributed by atoms with Gasteiger partial charge in [0.1, 0.15) is 0 Å². The molecule has 0 bridgehead atoms. The number of likely N-dealkylation sites (N-methyl/N-ethyl adjacent to an activating group) is 1. The van der Waals surface area contributed by atoms with E-state index in [0.717, 1.165) is 50.6 Å². The highest BCUT2D eigenvalue weighted by molar-refractivity contribution is 14.0. The topological polar surface area (TPSA) is 82.1 Å². The molecule has 0 unspecified atom stereocenters. The number of halogens is 1. The highest BCUT2D eigenvalue weighted by atomic mass is 127. The molecule has 0 radical (unpaired) electrons. The number of rotatable bonds is 9. The van der Waals surface area contributed by atoms with Crippen molar-refractivity contribution in [2.75, 3.05) is 46.9 Å². The minimum Gasteiger partial charge on any atom is -0.477 e. The summed E-state index contributed by atoms with van der Waals surface area (Å²) in [4.78, 5) is 24.8. The SMILES string of the molecule is CCNC(=NCc1ccnc(OCC2CC2)c1)NC1CCN(CC(=O)N(C)C)CC1.I. The Morgan fingerprint density at radius 2 is 2.03 bits per heavy atom. The first-order valence-electron chi connectivity index (χ1n) is 11.1. The summed E-state index contributed by atoms with van der Waals surface area (Å²) in [5.74, 6) is 2.39. The molecule has 3 rings (SSSR count). The van der Waals surface area contributed by atoms with Gasteiger partial charge in [-0.05, 0) is 50.2 Å². The van der Waals surface area contributed by atoms with Crippen LogP contribution in [-0.4, -0.2) is 79.6 Å². The Labute approximate surface area is 203 Å². The summed E-state index contributed by atoms with van der Waals surface area (Å²) in [6.45, 7) is 6.57. The monoisotopic (exact) mass is 544 g/mol. The fourth-order valence-corrected chi connectivity index (χ4v) is 3.37. The number of hydrogen-bond acceptors (Lipinski definition) is 5. The molecular formula is C22H37IN6O2. The molecule has 0 atom stereocenters. The van der Waals surface area contributed by atoms with Crippen molar-refractivity contribution < 1.29 is 9.53 Å². The van der Waals surface area contributed by atoms with Gasteiger partial charge in [0.25, 0.3) is 0 Å². The molecule has 8 nitrogen and oxygen atoms in total. The molecule has 174 valence electrons. The number of likely N-dealkylation sites (tertiary alicyclic amines) is 1. The van der Waals surface area contributed by atoms with Gasteiger partial charge in [-0.2, -0.15) is 0 Å². The number of piperidine rings is 1. The van der Waals surface area contributed by atoms with Crippen molar-refractivity contribution >= 4 is 35.8 Å². The van der Waals surface area contributed by atoms with Crippen LogP contribution in [0, 0.1) is 5.92 Å². The van der Waals surface area contributed by atoms with Gasteiger partial charge < -0.3 is 20.3 Å². The quantitative estimate of drug-likeness (QED) is 0.282. The maximum Gasteiger partial charge on any atom is 0.236 e. The molecule has 1 saturated heterocycles. The Morgan fingerprint density at radius 1 is 1.29 bits per heavy atom. The third kappa shape index (κ3) is 9.18. The number of nitrogens with one attached hydrogen (secondary N) is 2. The fraction of sp³-hybridized carbons (Fsp3) is 0.682. The van der Waals surface area contributed by atoms with E-state index in [1.54, 1.807) is 25.2 Å². The Balaban J connectivity index is 0.00000341. The highest BCUT2D eigenvalue weighted by Gasteiger charge is 2.23. The molecule has 2 N–H and O–H groups in total. The zero-order valence-corrected chi connectivity index (χ0v) is 21.3. The molecule has 1 aliphatic heterocycles. The van der Waals surface area contributed by atoms with E-state index in [4.69, 9.17) is 9.73 Å². The summed E-state index contributed by atoms with van der Waals surface area (Å²) in [5, 5.41) is 6.90. The van der Waals surface area contributed by atoms with E-state index in [0.29, 0.717) is 30.9 Å². The molecule has 0 aromatic carbocycles. The molecule has 31 heavy (non-hydrogen) atoms. The number of aliphatic imine (C=N–C) groups is 1. The molecule has 2 fully saturated rings. The second-order valence-electron chi connectivity index (χ2n) is 8.43. The van der Waals surface area contributed by atoms with Crippen molar-refractivity contribution in [1.82, 2.24) is 25.4 Å². The van der Waals surface area contributed by atoms with Crippen LogP contribution in [0.15, 0.2) is 23.3 Å². The number of hydrogen-bond donors (Lipinski definition) is 2. The first-order chi connectivity index (χ1) is 14.5. The molecule has 1 amide bonds. The Hall–Kier alpha value is -1.62. The number of guanidine groups is 1. The fourth-order valence-electron chi connectivity index (χ4n) is 3.37. The van der Waals surface area contributed by atoms with Crippen LogP contribution in [-0.2, 0) is 11.3 Å². The van der Waals surface area contributed by atoms with Gasteiger partial charge in [0.15, 0.2) is 5.96 Å². The predicted molar refractivity (Wildman–Crippen MR) is 134 cm³/mol. The smallest absolute Gasteiger partial charge is 0.236 e. The molecule has 1 aliphatic carbocycles. The molecule has 1 saturated carbocycles. The number of carbonyl (C=O) groups excluding carboxylic acids is 1. The Morgan fingerprint density at radius 3 is 2.68 bits per heavy atom. The molecular weight excluding hydrogens is 507 g/mol. The van der Waals surface area contributed by atoms with Gasteiger partial charge in [0.05, 0.1) is 19.7 Å². The van der Waals surface area contributed by atoms with Crippen molar-refractivity contribution in [3.8, 4) is 5.88 Å². The summed E-state index contributed by atoms with van der Waals surface area (Å²) in [6.07, 6.45) is 6.33. The van der Waals surface area contributed by atoms with Crippen molar-refractivity contribution in [2.24, 2.45) is 10.9 Å². The van der Waals surface area contributed by atoms with Crippen LogP contribution in [0.5, 0.6) is 5.88 Å². The van der Waals surface area contributed by atoms with Crippen molar-refractivity contribution in [2.45, 2.75) is 45.2 Å². The molecule has 1 aromatic heterocycles. The maximum absolute atomic E-state index is 11.9. The predicted octanol–water partition coefficient (Wildman–Crippen LogP) is 2.10. The van der Waals surface area contributed by atoms with Crippen LogP contribution in [0.4, 0.5) is 0 Å². The standard InChI is InChI=1S/C22H36N6O2.HI/c1-4-23-22(26-19-8-11-28(12-9-19)15-21(29)27(2)3)25-14-18-7-10-24-20(13-18)30-16-17-5-6-17;/h7,10,13,17,19H,4-6,8-9,11-12,14-16H2,1-3H3,(H2,23,25,26);1H. The lowest BCUT2D eigenvalue weighted by molar-refractivity contribution is -0.130. The van der Waals surface area contributed by atoms with Crippen molar-refractivity contribution in [3.05, 3.63) is 23.9 Å². The second kappa shape index (κ2) is 13.0. The van der Waals surface area contributed by atoms with Crippen LogP contribution in [0.25, 0.3) is 0 Å². The van der Waals surface area contributed by atoms with Crippen LogP contribution in [0.3, 0.4) is 0 Å². The van der Waals surface area contributed by atoms with E-state index in [9.17, 15) is 4.79 Å². The summed E-state index contributed by atoms with van der Waals surface area (Å²) in [6, 6.07) is 4.33. The zero-order chi connectivity index (χ0) is 21.3. The molecule has 2 aliphatic rings. The lowest BCUT2D eigenvalue weighted by atomic mass is 10.1. The number of nitrogens with zero attached hydrogens (tertiary/aromatic N) is 4. The van der Waals surface area contributed by atoms with Gasteiger partial charge in [0.2, 0.25) is 11.8 Å². The van der Waals surface area contributed by atoms with E-state index in [1.165, 1.54) is 12.8 Å². The van der Waals surface area contributed by atoms with E-state index in [-0.39, 0.29) is 29.9 Å². The minimum atomic E-state index is 0. The van der Waals surface area contributed by atoms with Gasteiger partial charge in [-0.25, -0.2) is 9.98 Å². The molecule has 9 heteroatoms. The van der Waals surface area contributed by atoms with E-state index >= 15 is 0 Å². The number of amides is 1. The van der Waals surface area contributed by atoms with Gasteiger partial charge in [-0.1, -0.05) is 0 Å². The van der Waals surface area contributed by atoms with E-state index < -0.39 is 0 Å². The van der Waals surface area contributed by atoms with Gasteiger partial charge in [0, 0.05) is 52.0 Å². The lowest BCUT2D eigenvalue weighted by Crippen LogP contribution is -2.50. The number of carbonyl (C=O) groups is 1. The van der Waals surface area contributed by atoms with E-state index in [2.05, 4.69) is 27.4 Å². The zero-order valence-electron chi connectivity index (χ0n) is 19.0. The molecule has 0 spiro atoms. The van der Waals surface area contributed by atoms with Crippen LogP contribution in [0.1, 0.15) is 38.2 Å². The summed E-state index contributed by atoms with van der Waals surface area (Å²) >= 11 is 0. The van der Waals surface area contributed by atoms with Crippen LogP contribution >= 0.6 is 24.0 Å². The largest absolute Gasteiger partial charge is 0.477 e. The number of ether oxygens (including phenoxy) is 1. The average molecular weight is 544 g/mol. The summed E-state index contributed by atoms with van der Waals surface area (Å²) in [5.41, 5.74) is 1.09. The van der Waals surface area contributed by atoms with Gasteiger partial charge >= 0.3 is 0 Å². The maximum atomic E-state index is 11.9.